The summed E-state index contributed by atoms with van der Waals surface area (Å²) in [7, 11) is 0. The second kappa shape index (κ2) is 8.83. The highest BCUT2D eigenvalue weighted by molar-refractivity contribution is 5.81. The SMILES string of the molecule is NC(=O)[C@@H](NCCc1ccc(Oc2ccccc2)cc1)c1ccccc1. The molecule has 26 heavy (non-hydrogen) atoms. The number of nitrogens with one attached hydrogen (secondary N) is 1. The zero-order valence-corrected chi connectivity index (χ0v) is 14.5. The molecule has 0 aliphatic rings. The number of rotatable bonds is 8. The summed E-state index contributed by atoms with van der Waals surface area (Å²) < 4.78 is 5.79. The van der Waals surface area contributed by atoms with Crippen molar-refractivity contribution in [3.8, 4) is 11.5 Å². The minimum atomic E-state index is -0.475. The Kier molecular flexibility index (Phi) is 6.01. The Labute approximate surface area is 153 Å². The van der Waals surface area contributed by atoms with E-state index in [9.17, 15) is 4.79 Å². The van der Waals surface area contributed by atoms with Crippen molar-refractivity contribution >= 4 is 5.91 Å². The van der Waals surface area contributed by atoms with Crippen molar-refractivity contribution in [1.82, 2.24) is 5.32 Å². The number of hydrogen-bond donors (Lipinski definition) is 2. The van der Waals surface area contributed by atoms with Crippen molar-refractivity contribution in [3.05, 3.63) is 96.1 Å². The molecule has 0 radical (unpaired) electrons. The van der Waals surface area contributed by atoms with Crippen molar-refractivity contribution in [2.24, 2.45) is 5.73 Å². The predicted octanol–water partition coefficient (Wildman–Crippen LogP) is 3.84. The predicted molar refractivity (Wildman–Crippen MR) is 103 cm³/mol. The highest BCUT2D eigenvalue weighted by Gasteiger charge is 2.16. The topological polar surface area (TPSA) is 64.4 Å². The number of benzene rings is 3. The molecule has 0 saturated heterocycles. The molecule has 3 aromatic carbocycles. The molecule has 1 atom stereocenters. The molecule has 132 valence electrons. The van der Waals surface area contributed by atoms with Crippen LogP contribution in [0.2, 0.25) is 0 Å². The smallest absolute Gasteiger partial charge is 0.239 e. The zero-order chi connectivity index (χ0) is 18.2. The number of carbonyl (C=O) groups is 1. The summed E-state index contributed by atoms with van der Waals surface area (Å²) in [6, 6.07) is 26.7. The lowest BCUT2D eigenvalue weighted by Crippen LogP contribution is -2.34. The summed E-state index contributed by atoms with van der Waals surface area (Å²) in [5, 5.41) is 3.23. The fraction of sp³-hybridized carbons (Fsp3) is 0.136. The van der Waals surface area contributed by atoms with Crippen LogP contribution in [0.1, 0.15) is 17.2 Å². The van der Waals surface area contributed by atoms with Crippen LogP contribution in [0.25, 0.3) is 0 Å². The molecule has 3 rings (SSSR count). The van der Waals surface area contributed by atoms with Gasteiger partial charge in [-0.15, -0.1) is 0 Å². The monoisotopic (exact) mass is 346 g/mol. The Morgan fingerprint density at radius 2 is 1.42 bits per heavy atom. The molecular weight excluding hydrogens is 324 g/mol. The lowest BCUT2D eigenvalue weighted by molar-refractivity contribution is -0.120. The average Bonchev–Trinajstić information content (AvgIpc) is 2.68. The minimum Gasteiger partial charge on any atom is -0.457 e. The molecule has 0 heterocycles. The molecule has 3 N–H and O–H groups in total. The number of carbonyl (C=O) groups excluding carboxylic acids is 1. The van der Waals surface area contributed by atoms with E-state index in [1.54, 1.807) is 0 Å². The molecule has 4 heteroatoms. The van der Waals surface area contributed by atoms with E-state index < -0.39 is 6.04 Å². The molecule has 0 fully saturated rings. The van der Waals surface area contributed by atoms with Gasteiger partial charge in [0.1, 0.15) is 17.5 Å². The van der Waals surface area contributed by atoms with Gasteiger partial charge in [0.05, 0.1) is 0 Å². The maximum absolute atomic E-state index is 11.7. The highest BCUT2D eigenvalue weighted by Crippen LogP contribution is 2.21. The van der Waals surface area contributed by atoms with Gasteiger partial charge in [0.2, 0.25) is 5.91 Å². The van der Waals surface area contributed by atoms with Gasteiger partial charge >= 0.3 is 0 Å². The molecule has 0 unspecified atom stereocenters. The molecule has 1 amide bonds. The van der Waals surface area contributed by atoms with Crippen molar-refractivity contribution in [3.63, 3.8) is 0 Å². The van der Waals surface area contributed by atoms with Crippen LogP contribution in [0, 0.1) is 0 Å². The summed E-state index contributed by atoms with van der Waals surface area (Å²) in [4.78, 5) is 11.7. The first kappa shape index (κ1) is 17.7. The summed E-state index contributed by atoms with van der Waals surface area (Å²) in [6.07, 6.45) is 0.794. The summed E-state index contributed by atoms with van der Waals surface area (Å²) in [5.74, 6) is 1.24. The number of primary amides is 1. The third-order valence-electron chi connectivity index (χ3n) is 4.08. The van der Waals surface area contributed by atoms with E-state index in [1.165, 1.54) is 0 Å². The first-order valence-corrected chi connectivity index (χ1v) is 8.62. The second-order valence-electron chi connectivity index (χ2n) is 6.01. The summed E-state index contributed by atoms with van der Waals surface area (Å²) in [5.41, 5.74) is 7.57. The summed E-state index contributed by atoms with van der Waals surface area (Å²) in [6.45, 7) is 0.654. The molecular formula is C22H22N2O2. The number of hydrogen-bond acceptors (Lipinski definition) is 3. The quantitative estimate of drug-likeness (QED) is 0.651. The lowest BCUT2D eigenvalue weighted by atomic mass is 10.1. The van der Waals surface area contributed by atoms with E-state index in [-0.39, 0.29) is 5.91 Å². The average molecular weight is 346 g/mol. The molecule has 4 nitrogen and oxygen atoms in total. The van der Waals surface area contributed by atoms with Crippen LogP contribution in [0.15, 0.2) is 84.9 Å². The van der Waals surface area contributed by atoms with Gasteiger partial charge in [0, 0.05) is 6.54 Å². The maximum atomic E-state index is 11.7. The van der Waals surface area contributed by atoms with E-state index >= 15 is 0 Å². The van der Waals surface area contributed by atoms with Gasteiger partial charge in [-0.25, -0.2) is 0 Å². The third kappa shape index (κ3) is 4.94. The molecule has 0 aliphatic heterocycles. The fourth-order valence-electron chi connectivity index (χ4n) is 2.74. The molecule has 3 aromatic rings. The number of amides is 1. The largest absolute Gasteiger partial charge is 0.457 e. The Morgan fingerprint density at radius 3 is 2.04 bits per heavy atom. The van der Waals surface area contributed by atoms with E-state index in [4.69, 9.17) is 10.5 Å². The Bertz CT molecular complexity index is 818. The van der Waals surface area contributed by atoms with E-state index in [0.717, 1.165) is 29.0 Å². The van der Waals surface area contributed by atoms with Crippen molar-refractivity contribution in [2.75, 3.05) is 6.54 Å². The van der Waals surface area contributed by atoms with Crippen LogP contribution in [-0.2, 0) is 11.2 Å². The van der Waals surface area contributed by atoms with Crippen LogP contribution in [0.3, 0.4) is 0 Å². The molecule has 0 saturated carbocycles. The minimum absolute atomic E-state index is 0.372. The van der Waals surface area contributed by atoms with Crippen LogP contribution in [-0.4, -0.2) is 12.5 Å². The number of ether oxygens (including phenoxy) is 1. The standard InChI is InChI=1S/C22H22N2O2/c23-22(25)21(18-7-3-1-4-8-18)24-16-15-17-11-13-20(14-12-17)26-19-9-5-2-6-10-19/h1-14,21,24H,15-16H2,(H2,23,25)/t21-/m0/s1. The maximum Gasteiger partial charge on any atom is 0.239 e. The van der Waals surface area contributed by atoms with Crippen molar-refractivity contribution in [2.45, 2.75) is 12.5 Å². The van der Waals surface area contributed by atoms with Gasteiger partial charge in [-0.05, 0) is 41.8 Å². The Hall–Kier alpha value is -3.11. The van der Waals surface area contributed by atoms with E-state index in [0.29, 0.717) is 6.54 Å². The molecule has 0 aliphatic carbocycles. The normalized spacial score (nSPS) is 11.7. The van der Waals surface area contributed by atoms with Crippen LogP contribution in [0.5, 0.6) is 11.5 Å². The Balaban J connectivity index is 1.53. The zero-order valence-electron chi connectivity index (χ0n) is 14.5. The first-order valence-electron chi connectivity index (χ1n) is 8.62. The summed E-state index contributed by atoms with van der Waals surface area (Å²) >= 11 is 0. The van der Waals surface area contributed by atoms with Gasteiger partial charge < -0.3 is 15.8 Å². The third-order valence-corrected chi connectivity index (χ3v) is 4.08. The number of para-hydroxylation sites is 1. The first-order chi connectivity index (χ1) is 12.7. The van der Waals surface area contributed by atoms with Crippen LogP contribution in [0.4, 0.5) is 0 Å². The van der Waals surface area contributed by atoms with Gasteiger partial charge in [-0.3, -0.25) is 4.79 Å². The van der Waals surface area contributed by atoms with E-state index in [1.807, 2.05) is 84.9 Å². The van der Waals surface area contributed by atoms with Gasteiger partial charge in [0.15, 0.2) is 0 Å². The lowest BCUT2D eigenvalue weighted by Gasteiger charge is -2.16. The second-order valence-corrected chi connectivity index (χ2v) is 6.01. The van der Waals surface area contributed by atoms with Crippen LogP contribution < -0.4 is 15.8 Å². The van der Waals surface area contributed by atoms with Gasteiger partial charge in [0.25, 0.3) is 0 Å². The van der Waals surface area contributed by atoms with Gasteiger partial charge in [-0.1, -0.05) is 60.7 Å². The van der Waals surface area contributed by atoms with Gasteiger partial charge in [-0.2, -0.15) is 0 Å². The fourth-order valence-corrected chi connectivity index (χ4v) is 2.74. The number of nitrogens with two attached hydrogens (primary N) is 1. The molecule has 0 aromatic heterocycles. The van der Waals surface area contributed by atoms with Crippen LogP contribution >= 0.6 is 0 Å². The molecule has 0 spiro atoms. The van der Waals surface area contributed by atoms with Crippen molar-refractivity contribution < 1.29 is 9.53 Å². The van der Waals surface area contributed by atoms with Crippen molar-refractivity contribution in [1.29, 1.82) is 0 Å². The van der Waals surface area contributed by atoms with E-state index in [2.05, 4.69) is 5.32 Å². The molecule has 0 bridgehead atoms. The Morgan fingerprint density at radius 1 is 0.846 bits per heavy atom. The highest BCUT2D eigenvalue weighted by atomic mass is 16.5.